The maximum absolute atomic E-state index is 14.2. The lowest BCUT2D eigenvalue weighted by Crippen LogP contribution is -2.17. The smallest absolute Gasteiger partial charge is 0.406 e. The average molecular weight is 452 g/mol. The van der Waals surface area contributed by atoms with Crippen molar-refractivity contribution in [3.63, 3.8) is 0 Å². The normalized spacial score (nSPS) is 12.4. The van der Waals surface area contributed by atoms with Crippen molar-refractivity contribution in [2.24, 2.45) is 5.14 Å². The van der Waals surface area contributed by atoms with Crippen LogP contribution in [0.25, 0.3) is 22.4 Å². The fourth-order valence-electron chi connectivity index (χ4n) is 2.66. The number of ether oxygens (including phenoxy) is 1. The summed E-state index contributed by atoms with van der Waals surface area (Å²) < 4.78 is 109. The second-order valence-electron chi connectivity index (χ2n) is 5.84. The minimum atomic E-state index is -4.99. The van der Waals surface area contributed by atoms with Gasteiger partial charge in [0, 0.05) is 5.56 Å². The van der Waals surface area contributed by atoms with Gasteiger partial charge in [0.15, 0.2) is 0 Å². The van der Waals surface area contributed by atoms with Crippen LogP contribution < -0.4 is 9.88 Å². The van der Waals surface area contributed by atoms with Gasteiger partial charge in [-0.2, -0.15) is 0 Å². The van der Waals surface area contributed by atoms with E-state index < -0.39 is 50.6 Å². The Balaban J connectivity index is 2.17. The van der Waals surface area contributed by atoms with Crippen LogP contribution in [-0.4, -0.2) is 19.9 Å². The van der Waals surface area contributed by atoms with Gasteiger partial charge < -0.3 is 9.26 Å². The van der Waals surface area contributed by atoms with Gasteiger partial charge in [0.1, 0.15) is 22.2 Å². The number of alkyl halides is 5. The molecule has 0 bridgehead atoms. The van der Waals surface area contributed by atoms with Gasteiger partial charge in [0.05, 0.1) is 5.56 Å². The highest BCUT2D eigenvalue weighted by Gasteiger charge is 2.32. The molecule has 3 rings (SSSR count). The Morgan fingerprint density at radius 1 is 1.07 bits per heavy atom. The molecular formula is C17H10F6N2O4S. The Morgan fingerprint density at radius 2 is 1.77 bits per heavy atom. The molecule has 0 spiro atoms. The Hall–Kier alpha value is -3.06. The lowest BCUT2D eigenvalue weighted by Gasteiger charge is -2.10. The number of nitrogens with zero attached hydrogens (tertiary/aromatic N) is 1. The van der Waals surface area contributed by atoms with Crippen molar-refractivity contribution in [2.45, 2.75) is 17.7 Å². The quantitative estimate of drug-likeness (QED) is 0.570. The van der Waals surface area contributed by atoms with E-state index in [4.69, 9.17) is 5.14 Å². The van der Waals surface area contributed by atoms with Crippen LogP contribution in [0.2, 0.25) is 0 Å². The molecule has 0 aliphatic rings. The van der Waals surface area contributed by atoms with Crippen molar-refractivity contribution in [2.75, 3.05) is 0 Å². The van der Waals surface area contributed by atoms with Gasteiger partial charge in [0.2, 0.25) is 15.8 Å². The predicted molar refractivity (Wildman–Crippen MR) is 90.3 cm³/mol. The molecule has 3 aromatic rings. The molecule has 0 amide bonds. The first-order chi connectivity index (χ1) is 13.9. The lowest BCUT2D eigenvalue weighted by atomic mass is 9.99. The van der Waals surface area contributed by atoms with Crippen LogP contribution in [0.3, 0.4) is 0 Å². The first-order valence-electron chi connectivity index (χ1n) is 7.83. The first-order valence-corrected chi connectivity index (χ1v) is 9.38. The molecule has 0 fully saturated rings. The predicted octanol–water partition coefficient (Wildman–Crippen LogP) is 4.63. The summed E-state index contributed by atoms with van der Waals surface area (Å²) in [5.74, 6) is -2.96. The van der Waals surface area contributed by atoms with Crippen LogP contribution in [0.5, 0.6) is 5.75 Å². The third-order valence-electron chi connectivity index (χ3n) is 3.78. The Morgan fingerprint density at radius 3 is 2.33 bits per heavy atom. The standard InChI is InChI=1S/C17H10F6N2O4S/c18-11-7-8(4-5-12(11)30(24,26)27)13-14(25-29-15(13)16(19)20)9-2-1-3-10(6-9)28-17(21,22)23/h1-7,16H,(H2,24,26,27). The molecule has 0 aliphatic carbocycles. The summed E-state index contributed by atoms with van der Waals surface area (Å²) >= 11 is 0. The molecule has 1 aromatic heterocycles. The van der Waals surface area contributed by atoms with E-state index in [1.807, 2.05) is 0 Å². The van der Waals surface area contributed by atoms with E-state index in [-0.39, 0.29) is 16.8 Å². The molecule has 0 unspecified atom stereocenters. The summed E-state index contributed by atoms with van der Waals surface area (Å²) in [6.45, 7) is 0. The van der Waals surface area contributed by atoms with Crippen molar-refractivity contribution in [3.05, 3.63) is 54.0 Å². The third-order valence-corrected chi connectivity index (χ3v) is 4.73. The number of sulfonamides is 1. The fourth-order valence-corrected chi connectivity index (χ4v) is 3.24. The third kappa shape index (κ3) is 4.57. The second-order valence-corrected chi connectivity index (χ2v) is 7.37. The molecule has 0 atom stereocenters. The van der Waals surface area contributed by atoms with Crippen LogP contribution >= 0.6 is 0 Å². The molecule has 2 N–H and O–H groups in total. The van der Waals surface area contributed by atoms with E-state index in [1.54, 1.807) is 0 Å². The summed E-state index contributed by atoms with van der Waals surface area (Å²) in [4.78, 5) is -0.872. The van der Waals surface area contributed by atoms with E-state index >= 15 is 0 Å². The van der Waals surface area contributed by atoms with Gasteiger partial charge in [-0.25, -0.2) is 26.7 Å². The Labute approximate surface area is 164 Å². The minimum Gasteiger partial charge on any atom is -0.406 e. The highest BCUT2D eigenvalue weighted by molar-refractivity contribution is 7.89. The average Bonchev–Trinajstić information content (AvgIpc) is 3.04. The summed E-state index contributed by atoms with van der Waals surface area (Å²) in [5.41, 5.74) is -1.12. The van der Waals surface area contributed by atoms with Crippen LogP contribution in [-0.2, 0) is 10.0 Å². The zero-order chi connectivity index (χ0) is 22.3. The molecule has 160 valence electrons. The monoisotopic (exact) mass is 452 g/mol. The summed E-state index contributed by atoms with van der Waals surface area (Å²) in [6, 6.07) is 6.62. The highest BCUT2D eigenvalue weighted by atomic mass is 32.2. The van der Waals surface area contributed by atoms with E-state index in [0.717, 1.165) is 30.3 Å². The molecule has 0 saturated heterocycles. The molecule has 2 aromatic carbocycles. The maximum atomic E-state index is 14.2. The van der Waals surface area contributed by atoms with Gasteiger partial charge in [0.25, 0.3) is 6.43 Å². The van der Waals surface area contributed by atoms with Gasteiger partial charge in [-0.3, -0.25) is 0 Å². The number of hydrogen-bond donors (Lipinski definition) is 1. The zero-order valence-corrected chi connectivity index (χ0v) is 15.3. The Kier molecular flexibility index (Phi) is 5.52. The van der Waals surface area contributed by atoms with Crippen molar-refractivity contribution < 1.29 is 44.0 Å². The van der Waals surface area contributed by atoms with E-state index in [0.29, 0.717) is 6.07 Å². The molecular weight excluding hydrogens is 442 g/mol. The highest BCUT2D eigenvalue weighted by Crippen LogP contribution is 2.40. The number of hydrogen-bond acceptors (Lipinski definition) is 5. The number of benzene rings is 2. The fraction of sp³-hybridized carbons (Fsp3) is 0.118. The van der Waals surface area contributed by atoms with Crippen molar-refractivity contribution >= 4 is 10.0 Å². The van der Waals surface area contributed by atoms with E-state index in [2.05, 4.69) is 14.4 Å². The molecule has 0 aliphatic heterocycles. The summed E-state index contributed by atoms with van der Waals surface area (Å²) in [7, 11) is -4.42. The van der Waals surface area contributed by atoms with Gasteiger partial charge in [-0.15, -0.1) is 13.2 Å². The second kappa shape index (κ2) is 7.65. The Bertz CT molecular complexity index is 1190. The number of aromatic nitrogens is 1. The van der Waals surface area contributed by atoms with Crippen molar-refractivity contribution in [1.29, 1.82) is 0 Å². The van der Waals surface area contributed by atoms with Crippen LogP contribution in [0, 0.1) is 5.82 Å². The van der Waals surface area contributed by atoms with Crippen molar-refractivity contribution in [3.8, 4) is 28.1 Å². The molecule has 0 radical (unpaired) electrons. The van der Waals surface area contributed by atoms with Gasteiger partial charge in [-0.05, 0) is 29.8 Å². The van der Waals surface area contributed by atoms with Gasteiger partial charge in [-0.1, -0.05) is 23.4 Å². The number of nitrogens with two attached hydrogens (primary N) is 1. The van der Waals surface area contributed by atoms with E-state index in [1.165, 1.54) is 6.07 Å². The number of primary sulfonamides is 1. The lowest BCUT2D eigenvalue weighted by molar-refractivity contribution is -0.274. The van der Waals surface area contributed by atoms with Crippen LogP contribution in [0.4, 0.5) is 26.3 Å². The largest absolute Gasteiger partial charge is 0.573 e. The molecule has 0 saturated carbocycles. The molecule has 13 heteroatoms. The summed E-state index contributed by atoms with van der Waals surface area (Å²) in [5, 5.41) is 8.33. The maximum Gasteiger partial charge on any atom is 0.573 e. The first kappa shape index (κ1) is 21.6. The summed E-state index contributed by atoms with van der Waals surface area (Å²) in [6.07, 6.45) is -8.21. The number of rotatable bonds is 5. The topological polar surface area (TPSA) is 95.4 Å². The van der Waals surface area contributed by atoms with Crippen molar-refractivity contribution in [1.82, 2.24) is 5.16 Å². The zero-order valence-electron chi connectivity index (χ0n) is 14.5. The SMILES string of the molecule is NS(=O)(=O)c1ccc(-c2c(-c3cccc(OC(F)(F)F)c3)noc2C(F)F)cc1F. The molecule has 1 heterocycles. The van der Waals surface area contributed by atoms with E-state index in [9.17, 15) is 34.8 Å². The number of halogens is 6. The minimum absolute atomic E-state index is 0.0988. The molecule has 30 heavy (non-hydrogen) atoms. The van der Waals surface area contributed by atoms with Crippen LogP contribution in [0.15, 0.2) is 51.9 Å². The van der Waals surface area contributed by atoms with Gasteiger partial charge >= 0.3 is 6.36 Å². The molecule has 6 nitrogen and oxygen atoms in total. The van der Waals surface area contributed by atoms with Crippen LogP contribution in [0.1, 0.15) is 12.2 Å².